The van der Waals surface area contributed by atoms with Crippen molar-refractivity contribution in [2.75, 3.05) is 11.4 Å². The predicted molar refractivity (Wildman–Crippen MR) is 75.8 cm³/mol. The van der Waals surface area contributed by atoms with Crippen molar-refractivity contribution in [1.29, 1.82) is 0 Å². The first kappa shape index (κ1) is 13.5. The van der Waals surface area contributed by atoms with E-state index < -0.39 is 11.4 Å². The summed E-state index contributed by atoms with van der Waals surface area (Å²) in [7, 11) is 0. The number of rotatable bonds is 1. The topological polar surface area (TPSA) is 49.4 Å². The van der Waals surface area contributed by atoms with E-state index in [1.165, 1.54) is 17.0 Å². The fourth-order valence-corrected chi connectivity index (χ4v) is 3.50. The van der Waals surface area contributed by atoms with Gasteiger partial charge in [0.15, 0.2) is 0 Å². The summed E-state index contributed by atoms with van der Waals surface area (Å²) in [6.45, 7) is -0.0668. The molecule has 0 radical (unpaired) electrons. The monoisotopic (exact) mass is 340 g/mol. The molecule has 1 aliphatic carbocycles. The molecule has 1 spiro atoms. The molecule has 20 heavy (non-hydrogen) atoms. The molecule has 1 saturated heterocycles. The maximum Gasteiger partial charge on any atom is 0.253 e. The van der Waals surface area contributed by atoms with Crippen LogP contribution < -0.4 is 10.2 Å². The van der Waals surface area contributed by atoms with Crippen molar-refractivity contribution in [1.82, 2.24) is 5.32 Å². The van der Waals surface area contributed by atoms with Gasteiger partial charge in [0.25, 0.3) is 5.91 Å². The number of hydrogen-bond acceptors (Lipinski definition) is 2. The second-order valence-electron chi connectivity index (χ2n) is 5.32. The highest BCUT2D eigenvalue weighted by Crippen LogP contribution is 2.37. The zero-order chi connectivity index (χ0) is 14.3. The van der Waals surface area contributed by atoms with Crippen LogP contribution in [-0.2, 0) is 9.59 Å². The highest BCUT2D eigenvalue weighted by atomic mass is 79.9. The molecule has 1 aliphatic heterocycles. The van der Waals surface area contributed by atoms with Crippen LogP contribution in [0.5, 0.6) is 0 Å². The van der Waals surface area contributed by atoms with Gasteiger partial charge in [-0.25, -0.2) is 4.39 Å². The Hall–Kier alpha value is -1.43. The van der Waals surface area contributed by atoms with Crippen LogP contribution in [0.3, 0.4) is 0 Å². The number of hydrogen-bond donors (Lipinski definition) is 1. The first-order valence-corrected chi connectivity index (χ1v) is 7.39. The van der Waals surface area contributed by atoms with E-state index in [-0.39, 0.29) is 18.4 Å². The number of nitrogens with one attached hydrogen (secondary N) is 1. The maximum atomic E-state index is 13.4. The highest BCUT2D eigenvalue weighted by molar-refractivity contribution is 9.10. The molecule has 1 aromatic rings. The molecule has 4 nitrogen and oxygen atoms in total. The van der Waals surface area contributed by atoms with Gasteiger partial charge in [-0.1, -0.05) is 12.8 Å². The molecule has 0 unspecified atom stereocenters. The molecule has 2 aliphatic rings. The van der Waals surface area contributed by atoms with Gasteiger partial charge in [0, 0.05) is 4.47 Å². The van der Waals surface area contributed by atoms with E-state index in [4.69, 9.17) is 0 Å². The average Bonchev–Trinajstić information content (AvgIpc) is 2.86. The molecule has 1 aromatic carbocycles. The minimum atomic E-state index is -0.791. The third kappa shape index (κ3) is 2.12. The summed E-state index contributed by atoms with van der Waals surface area (Å²) in [4.78, 5) is 26.0. The number of benzene rings is 1. The molecule has 106 valence electrons. The van der Waals surface area contributed by atoms with Crippen molar-refractivity contribution in [3.8, 4) is 0 Å². The quantitative estimate of drug-likeness (QED) is 0.853. The third-order valence-corrected chi connectivity index (χ3v) is 4.66. The first-order chi connectivity index (χ1) is 9.52. The molecule has 2 fully saturated rings. The Morgan fingerprint density at radius 3 is 2.65 bits per heavy atom. The van der Waals surface area contributed by atoms with Gasteiger partial charge >= 0.3 is 0 Å². The molecular weight excluding hydrogens is 327 g/mol. The minimum absolute atomic E-state index is 0.0668. The van der Waals surface area contributed by atoms with E-state index in [9.17, 15) is 14.0 Å². The zero-order valence-electron chi connectivity index (χ0n) is 10.8. The number of piperazine rings is 1. The summed E-state index contributed by atoms with van der Waals surface area (Å²) in [6.07, 6.45) is 3.15. The second-order valence-corrected chi connectivity index (χ2v) is 6.18. The Bertz CT molecular complexity index is 585. The van der Waals surface area contributed by atoms with Crippen LogP contribution in [-0.4, -0.2) is 23.9 Å². The van der Waals surface area contributed by atoms with Crippen molar-refractivity contribution in [3.05, 3.63) is 28.5 Å². The van der Waals surface area contributed by atoms with Gasteiger partial charge in [-0.2, -0.15) is 0 Å². The summed E-state index contributed by atoms with van der Waals surface area (Å²) in [5.74, 6) is -0.758. The van der Waals surface area contributed by atoms with E-state index >= 15 is 0 Å². The number of halogens is 2. The number of nitrogens with zero attached hydrogens (tertiary/aromatic N) is 1. The van der Waals surface area contributed by atoms with E-state index in [1.807, 2.05) is 0 Å². The smallest absolute Gasteiger partial charge is 0.253 e. The standard InChI is InChI=1S/C14H14BrFN2O2/c15-10-4-3-9(16)7-11(10)18-8-12(19)17-14(13(18)20)5-1-2-6-14/h3-4,7H,1-2,5-6,8H2,(H,17,19). The van der Waals surface area contributed by atoms with Crippen LogP contribution in [0, 0.1) is 5.82 Å². The third-order valence-electron chi connectivity index (χ3n) is 3.99. The Labute approximate surface area is 124 Å². The Balaban J connectivity index is 2.02. The van der Waals surface area contributed by atoms with Crippen LogP contribution in [0.4, 0.5) is 10.1 Å². The van der Waals surface area contributed by atoms with Gasteiger partial charge in [-0.05, 0) is 47.0 Å². The van der Waals surface area contributed by atoms with Gasteiger partial charge < -0.3 is 5.32 Å². The molecule has 1 saturated carbocycles. The van der Waals surface area contributed by atoms with Crippen molar-refractivity contribution in [3.63, 3.8) is 0 Å². The molecule has 0 atom stereocenters. The SMILES string of the molecule is O=C1CN(c2cc(F)ccc2Br)C(=O)C2(CCCC2)N1. The zero-order valence-corrected chi connectivity index (χ0v) is 12.4. The van der Waals surface area contributed by atoms with Gasteiger partial charge in [-0.15, -0.1) is 0 Å². The number of carbonyl (C=O) groups is 2. The van der Waals surface area contributed by atoms with Crippen molar-refractivity contribution < 1.29 is 14.0 Å². The van der Waals surface area contributed by atoms with Gasteiger partial charge in [0.2, 0.25) is 5.91 Å². The van der Waals surface area contributed by atoms with Crippen LogP contribution in [0.25, 0.3) is 0 Å². The van der Waals surface area contributed by atoms with Gasteiger partial charge in [-0.3, -0.25) is 14.5 Å². The lowest BCUT2D eigenvalue weighted by Gasteiger charge is -2.40. The van der Waals surface area contributed by atoms with Gasteiger partial charge in [0.1, 0.15) is 17.9 Å². The van der Waals surface area contributed by atoms with Crippen LogP contribution in [0.1, 0.15) is 25.7 Å². The Kier molecular flexibility index (Phi) is 3.28. The summed E-state index contributed by atoms with van der Waals surface area (Å²) in [6, 6.07) is 4.14. The molecule has 0 bridgehead atoms. The Morgan fingerprint density at radius 2 is 1.95 bits per heavy atom. The van der Waals surface area contributed by atoms with E-state index in [2.05, 4.69) is 21.2 Å². The fourth-order valence-electron chi connectivity index (χ4n) is 3.04. The lowest BCUT2D eigenvalue weighted by Crippen LogP contribution is -2.65. The van der Waals surface area contributed by atoms with E-state index in [1.54, 1.807) is 6.07 Å². The summed E-state index contributed by atoms with van der Waals surface area (Å²) < 4.78 is 14.0. The second kappa shape index (κ2) is 4.84. The normalized spacial score (nSPS) is 21.4. The number of carbonyl (C=O) groups excluding carboxylic acids is 2. The molecule has 1 heterocycles. The molecular formula is C14H14BrFN2O2. The van der Waals surface area contributed by atoms with Crippen LogP contribution in [0.2, 0.25) is 0 Å². The van der Waals surface area contributed by atoms with Gasteiger partial charge in [0.05, 0.1) is 5.69 Å². The van der Waals surface area contributed by atoms with E-state index in [0.717, 1.165) is 12.8 Å². The number of anilines is 1. The predicted octanol–water partition coefficient (Wildman–Crippen LogP) is 2.36. The lowest BCUT2D eigenvalue weighted by molar-refractivity contribution is -0.135. The molecule has 2 amide bonds. The molecule has 6 heteroatoms. The lowest BCUT2D eigenvalue weighted by atomic mass is 9.92. The largest absolute Gasteiger partial charge is 0.340 e. The maximum absolute atomic E-state index is 13.4. The molecule has 0 aromatic heterocycles. The van der Waals surface area contributed by atoms with Crippen molar-refractivity contribution in [2.24, 2.45) is 0 Å². The molecule has 1 N–H and O–H groups in total. The average molecular weight is 341 g/mol. The number of amides is 2. The first-order valence-electron chi connectivity index (χ1n) is 6.60. The molecule has 3 rings (SSSR count). The summed E-state index contributed by atoms with van der Waals surface area (Å²) in [5, 5.41) is 2.84. The minimum Gasteiger partial charge on any atom is -0.340 e. The Morgan fingerprint density at radius 1 is 1.25 bits per heavy atom. The highest BCUT2D eigenvalue weighted by Gasteiger charge is 2.48. The van der Waals surface area contributed by atoms with Crippen LogP contribution >= 0.6 is 15.9 Å². The fraction of sp³-hybridized carbons (Fsp3) is 0.429. The van der Waals surface area contributed by atoms with Crippen molar-refractivity contribution in [2.45, 2.75) is 31.2 Å². The van der Waals surface area contributed by atoms with E-state index in [0.29, 0.717) is 23.0 Å². The summed E-state index contributed by atoms with van der Waals surface area (Å²) >= 11 is 3.32. The van der Waals surface area contributed by atoms with Crippen molar-refractivity contribution >= 4 is 33.4 Å². The van der Waals surface area contributed by atoms with Crippen LogP contribution in [0.15, 0.2) is 22.7 Å². The summed E-state index contributed by atoms with van der Waals surface area (Å²) in [5.41, 5.74) is -0.378.